The molecule has 0 aromatic heterocycles. The van der Waals surface area contributed by atoms with Gasteiger partial charge in [0.1, 0.15) is 6.04 Å². The Bertz CT molecular complexity index is 395. The van der Waals surface area contributed by atoms with Crippen LogP contribution in [-0.2, 0) is 9.59 Å². The van der Waals surface area contributed by atoms with Crippen molar-refractivity contribution in [1.82, 2.24) is 20.4 Å². The predicted molar refractivity (Wildman–Crippen MR) is 70.2 cm³/mol. The van der Waals surface area contributed by atoms with E-state index in [1.807, 2.05) is 0 Å². The minimum absolute atomic E-state index is 0.0817. The maximum Gasteiger partial charge on any atom is 0.326 e. The van der Waals surface area contributed by atoms with Crippen LogP contribution in [0, 0.1) is 0 Å². The first kappa shape index (κ1) is 14.6. The first-order valence-corrected chi connectivity index (χ1v) is 6.85. The lowest BCUT2D eigenvalue weighted by Crippen LogP contribution is -2.52. The number of carbonyl (C=O) groups excluding carboxylic acids is 2. The highest BCUT2D eigenvalue weighted by Crippen LogP contribution is 2.17. The molecule has 2 rings (SSSR count). The Morgan fingerprint density at radius 2 is 1.90 bits per heavy atom. The summed E-state index contributed by atoms with van der Waals surface area (Å²) in [6, 6.07) is -1.25. The number of likely N-dealkylation sites (tertiary alicyclic amines) is 1. The number of piperazine rings is 1. The molecule has 20 heavy (non-hydrogen) atoms. The molecule has 0 aromatic rings. The molecule has 0 aliphatic carbocycles. The molecule has 3 amide bonds. The Hall–Kier alpha value is -1.83. The Labute approximate surface area is 117 Å². The Morgan fingerprint density at radius 3 is 2.55 bits per heavy atom. The van der Waals surface area contributed by atoms with E-state index < -0.39 is 18.0 Å². The summed E-state index contributed by atoms with van der Waals surface area (Å²) in [5, 5.41) is 14.7. The van der Waals surface area contributed by atoms with Gasteiger partial charge in [0.2, 0.25) is 5.91 Å². The average molecular weight is 284 g/mol. The maximum absolute atomic E-state index is 11.9. The van der Waals surface area contributed by atoms with Crippen molar-refractivity contribution in [1.29, 1.82) is 0 Å². The Morgan fingerprint density at radius 1 is 1.20 bits per heavy atom. The topological polar surface area (TPSA) is 102 Å². The van der Waals surface area contributed by atoms with E-state index in [4.69, 9.17) is 5.11 Å². The lowest BCUT2D eigenvalue weighted by Gasteiger charge is -2.28. The molecule has 3 N–H and O–H groups in total. The molecular weight excluding hydrogens is 264 g/mol. The lowest BCUT2D eigenvalue weighted by atomic mass is 10.2. The Balaban J connectivity index is 1.79. The van der Waals surface area contributed by atoms with E-state index >= 15 is 0 Å². The normalized spacial score (nSPS) is 22.7. The molecule has 0 radical (unpaired) electrons. The van der Waals surface area contributed by atoms with Gasteiger partial charge in [0, 0.05) is 32.7 Å². The number of carboxylic acids is 1. The molecule has 2 aliphatic rings. The van der Waals surface area contributed by atoms with Gasteiger partial charge in [-0.2, -0.15) is 0 Å². The molecule has 2 saturated heterocycles. The monoisotopic (exact) mass is 284 g/mol. The standard InChI is InChI=1S/C12H20N4O4/c17-10(15-6-3-13-4-7-15)8-14-12(20)16-5-1-2-9(16)11(18)19/h9,13H,1-8H2,(H,14,20)(H,18,19)/t9-/m1/s1. The fourth-order valence-electron chi connectivity index (χ4n) is 2.55. The van der Waals surface area contributed by atoms with Crippen LogP contribution >= 0.6 is 0 Å². The molecule has 112 valence electrons. The van der Waals surface area contributed by atoms with Crippen LogP contribution in [0.3, 0.4) is 0 Å². The average Bonchev–Trinajstić information content (AvgIpc) is 2.95. The lowest BCUT2D eigenvalue weighted by molar-refractivity contribution is -0.141. The second kappa shape index (κ2) is 6.56. The fraction of sp³-hybridized carbons (Fsp3) is 0.750. The van der Waals surface area contributed by atoms with Crippen molar-refractivity contribution in [2.75, 3.05) is 39.3 Å². The third kappa shape index (κ3) is 3.38. The van der Waals surface area contributed by atoms with Gasteiger partial charge in [0.05, 0.1) is 6.54 Å². The number of hydrogen-bond donors (Lipinski definition) is 3. The van der Waals surface area contributed by atoms with E-state index in [1.165, 1.54) is 4.90 Å². The highest BCUT2D eigenvalue weighted by Gasteiger charge is 2.34. The van der Waals surface area contributed by atoms with Gasteiger partial charge < -0.3 is 25.5 Å². The number of nitrogens with zero attached hydrogens (tertiary/aromatic N) is 2. The number of nitrogens with one attached hydrogen (secondary N) is 2. The Kier molecular flexibility index (Phi) is 4.78. The van der Waals surface area contributed by atoms with Crippen LogP contribution in [-0.4, -0.2) is 78.1 Å². The number of urea groups is 1. The largest absolute Gasteiger partial charge is 0.480 e. The van der Waals surface area contributed by atoms with Gasteiger partial charge in [0.15, 0.2) is 0 Å². The van der Waals surface area contributed by atoms with Crippen molar-refractivity contribution in [2.24, 2.45) is 0 Å². The second-order valence-electron chi connectivity index (χ2n) is 4.98. The summed E-state index contributed by atoms with van der Waals surface area (Å²) in [5.41, 5.74) is 0. The summed E-state index contributed by atoms with van der Waals surface area (Å²) in [4.78, 5) is 37.8. The maximum atomic E-state index is 11.9. The summed E-state index contributed by atoms with van der Waals surface area (Å²) >= 11 is 0. The summed E-state index contributed by atoms with van der Waals surface area (Å²) in [5.74, 6) is -1.13. The zero-order valence-electron chi connectivity index (χ0n) is 11.3. The number of hydrogen-bond acceptors (Lipinski definition) is 4. The van der Waals surface area contributed by atoms with Gasteiger partial charge in [-0.3, -0.25) is 4.79 Å². The summed E-state index contributed by atoms with van der Waals surface area (Å²) in [6.45, 7) is 3.12. The van der Waals surface area contributed by atoms with Crippen LogP contribution in [0.4, 0.5) is 4.79 Å². The van der Waals surface area contributed by atoms with Crippen molar-refractivity contribution in [3.63, 3.8) is 0 Å². The summed E-state index contributed by atoms with van der Waals surface area (Å²) < 4.78 is 0. The number of amides is 3. The smallest absolute Gasteiger partial charge is 0.326 e. The molecular formula is C12H20N4O4. The van der Waals surface area contributed by atoms with Crippen LogP contribution < -0.4 is 10.6 Å². The molecule has 0 unspecified atom stereocenters. The van der Waals surface area contributed by atoms with E-state index in [1.54, 1.807) is 4.90 Å². The van der Waals surface area contributed by atoms with Crippen LogP contribution in [0.25, 0.3) is 0 Å². The van der Waals surface area contributed by atoms with Crippen molar-refractivity contribution >= 4 is 17.9 Å². The fourth-order valence-corrected chi connectivity index (χ4v) is 2.55. The predicted octanol–water partition coefficient (Wildman–Crippen LogP) is -1.32. The minimum atomic E-state index is -0.994. The zero-order chi connectivity index (χ0) is 14.5. The zero-order valence-corrected chi connectivity index (χ0v) is 11.3. The molecule has 2 heterocycles. The van der Waals surface area contributed by atoms with Gasteiger partial charge in [-0.1, -0.05) is 0 Å². The van der Waals surface area contributed by atoms with Crippen LogP contribution in [0.5, 0.6) is 0 Å². The number of carbonyl (C=O) groups is 3. The van der Waals surface area contributed by atoms with Crippen LogP contribution in [0.1, 0.15) is 12.8 Å². The summed E-state index contributed by atoms with van der Waals surface area (Å²) in [7, 11) is 0. The minimum Gasteiger partial charge on any atom is -0.480 e. The number of aliphatic carboxylic acids is 1. The molecule has 8 heteroatoms. The highest BCUT2D eigenvalue weighted by molar-refractivity contribution is 5.87. The van der Waals surface area contributed by atoms with Crippen molar-refractivity contribution in [3.05, 3.63) is 0 Å². The van der Waals surface area contributed by atoms with Crippen molar-refractivity contribution < 1.29 is 19.5 Å². The first-order valence-electron chi connectivity index (χ1n) is 6.85. The van der Waals surface area contributed by atoms with E-state index in [0.29, 0.717) is 32.5 Å². The molecule has 0 saturated carbocycles. The van der Waals surface area contributed by atoms with Crippen LogP contribution in [0.15, 0.2) is 0 Å². The molecule has 1 atom stereocenters. The van der Waals surface area contributed by atoms with Gasteiger partial charge in [-0.25, -0.2) is 9.59 Å². The van der Waals surface area contributed by atoms with Crippen LogP contribution in [0.2, 0.25) is 0 Å². The third-order valence-electron chi connectivity index (χ3n) is 3.66. The van der Waals surface area contributed by atoms with E-state index in [0.717, 1.165) is 13.1 Å². The highest BCUT2D eigenvalue weighted by atomic mass is 16.4. The molecule has 8 nitrogen and oxygen atoms in total. The molecule has 0 spiro atoms. The van der Waals surface area contributed by atoms with E-state index in [2.05, 4.69) is 10.6 Å². The number of carboxylic acid groups (broad SMARTS) is 1. The van der Waals surface area contributed by atoms with E-state index in [-0.39, 0.29) is 12.5 Å². The first-order chi connectivity index (χ1) is 9.59. The van der Waals surface area contributed by atoms with E-state index in [9.17, 15) is 14.4 Å². The molecule has 2 aliphatic heterocycles. The molecule has 0 aromatic carbocycles. The molecule has 0 bridgehead atoms. The summed E-state index contributed by atoms with van der Waals surface area (Å²) in [6.07, 6.45) is 1.14. The quantitative estimate of drug-likeness (QED) is 0.596. The second-order valence-corrected chi connectivity index (χ2v) is 4.98. The number of rotatable bonds is 3. The van der Waals surface area contributed by atoms with Gasteiger partial charge >= 0.3 is 12.0 Å². The van der Waals surface area contributed by atoms with Gasteiger partial charge in [0.25, 0.3) is 0 Å². The van der Waals surface area contributed by atoms with Gasteiger partial charge in [-0.15, -0.1) is 0 Å². The van der Waals surface area contributed by atoms with Crippen molar-refractivity contribution in [2.45, 2.75) is 18.9 Å². The third-order valence-corrected chi connectivity index (χ3v) is 3.66. The SMILES string of the molecule is O=C(O)[C@H]1CCCN1C(=O)NCC(=O)N1CCNCC1. The van der Waals surface area contributed by atoms with Crippen molar-refractivity contribution in [3.8, 4) is 0 Å². The van der Waals surface area contributed by atoms with Gasteiger partial charge in [-0.05, 0) is 12.8 Å². The molecule has 2 fully saturated rings.